The normalized spacial score (nSPS) is 14.7. The van der Waals surface area contributed by atoms with Gasteiger partial charge in [-0.15, -0.1) is 0 Å². The van der Waals surface area contributed by atoms with Gasteiger partial charge in [0.15, 0.2) is 17.3 Å². The number of nitrogens with two attached hydrogens (primary N) is 2. The van der Waals surface area contributed by atoms with E-state index in [1.54, 1.807) is 30.7 Å². The summed E-state index contributed by atoms with van der Waals surface area (Å²) in [5.41, 5.74) is 17.2. The first-order chi connectivity index (χ1) is 19.0. The molecule has 1 aliphatic heterocycles. The third kappa shape index (κ3) is 5.38. The van der Waals surface area contributed by atoms with Crippen LogP contribution in [-0.4, -0.2) is 46.4 Å². The lowest BCUT2D eigenvalue weighted by molar-refractivity contribution is 0.104. The SMILES string of the molecule is COc1cc(Cc2cnc(N)nc2N)cc(C(=O)/C=C/N2CCc3ccccc3C2c2ccncc2)c1OC. The minimum absolute atomic E-state index is 0.0294. The number of fused-ring (bicyclic) bond motifs is 1. The molecule has 0 saturated heterocycles. The lowest BCUT2D eigenvalue weighted by Gasteiger charge is -2.37. The second kappa shape index (κ2) is 11.2. The number of nitrogen functional groups attached to an aromatic ring is 2. The van der Waals surface area contributed by atoms with Crippen molar-refractivity contribution in [3.63, 3.8) is 0 Å². The fraction of sp³-hybridized carbons (Fsp3) is 0.200. The number of hydrogen-bond donors (Lipinski definition) is 2. The Morgan fingerprint density at radius 3 is 2.64 bits per heavy atom. The highest BCUT2D eigenvalue weighted by atomic mass is 16.5. The molecule has 9 nitrogen and oxygen atoms in total. The van der Waals surface area contributed by atoms with E-state index in [1.165, 1.54) is 25.3 Å². The van der Waals surface area contributed by atoms with Crippen LogP contribution in [0.4, 0.5) is 11.8 Å². The topological polar surface area (TPSA) is 129 Å². The monoisotopic (exact) mass is 522 g/mol. The van der Waals surface area contributed by atoms with E-state index >= 15 is 0 Å². The molecule has 4 N–H and O–H groups in total. The Hall–Kier alpha value is -4.92. The number of allylic oxidation sites excluding steroid dienone is 1. The minimum Gasteiger partial charge on any atom is -0.493 e. The molecule has 198 valence electrons. The molecule has 5 rings (SSSR count). The Bertz CT molecular complexity index is 1520. The van der Waals surface area contributed by atoms with Crippen molar-refractivity contribution in [2.75, 3.05) is 32.2 Å². The lowest BCUT2D eigenvalue weighted by atomic mass is 9.89. The summed E-state index contributed by atoms with van der Waals surface area (Å²) in [4.78, 5) is 28.1. The molecule has 1 unspecified atom stereocenters. The van der Waals surface area contributed by atoms with Gasteiger partial charge in [-0.1, -0.05) is 24.3 Å². The maximum atomic E-state index is 13.6. The van der Waals surface area contributed by atoms with Crippen molar-refractivity contribution in [1.29, 1.82) is 0 Å². The zero-order chi connectivity index (χ0) is 27.4. The molecule has 39 heavy (non-hydrogen) atoms. The number of benzene rings is 2. The van der Waals surface area contributed by atoms with Gasteiger partial charge in [0.2, 0.25) is 5.95 Å². The number of carbonyl (C=O) groups is 1. The van der Waals surface area contributed by atoms with Crippen molar-refractivity contribution in [2.45, 2.75) is 18.9 Å². The van der Waals surface area contributed by atoms with Gasteiger partial charge in [-0.05, 0) is 52.9 Å². The number of pyridine rings is 1. The summed E-state index contributed by atoms with van der Waals surface area (Å²) < 4.78 is 11.2. The number of methoxy groups -OCH3 is 2. The van der Waals surface area contributed by atoms with Crippen LogP contribution in [0.25, 0.3) is 0 Å². The second-order valence-electron chi connectivity index (χ2n) is 9.24. The Labute approximate surface area is 227 Å². The molecule has 0 saturated carbocycles. The number of rotatable bonds is 8. The molecular weight excluding hydrogens is 492 g/mol. The number of anilines is 2. The summed E-state index contributed by atoms with van der Waals surface area (Å²) in [6.07, 6.45) is 9.90. The second-order valence-corrected chi connectivity index (χ2v) is 9.24. The van der Waals surface area contributed by atoms with Crippen LogP contribution >= 0.6 is 0 Å². The molecule has 1 aliphatic rings. The molecule has 0 spiro atoms. The van der Waals surface area contributed by atoms with Crippen molar-refractivity contribution in [3.8, 4) is 11.5 Å². The third-order valence-electron chi connectivity index (χ3n) is 6.88. The highest BCUT2D eigenvalue weighted by molar-refractivity contribution is 6.07. The van der Waals surface area contributed by atoms with Crippen molar-refractivity contribution < 1.29 is 14.3 Å². The van der Waals surface area contributed by atoms with E-state index in [0.29, 0.717) is 29.0 Å². The van der Waals surface area contributed by atoms with Crippen LogP contribution in [0, 0.1) is 0 Å². The van der Waals surface area contributed by atoms with Gasteiger partial charge < -0.3 is 25.8 Å². The van der Waals surface area contributed by atoms with E-state index in [0.717, 1.165) is 24.1 Å². The van der Waals surface area contributed by atoms with E-state index < -0.39 is 0 Å². The summed E-state index contributed by atoms with van der Waals surface area (Å²) in [7, 11) is 3.06. The molecule has 0 bridgehead atoms. The predicted octanol–water partition coefficient (Wildman–Crippen LogP) is 3.99. The van der Waals surface area contributed by atoms with Crippen LogP contribution in [0.2, 0.25) is 0 Å². The van der Waals surface area contributed by atoms with Gasteiger partial charge in [0.1, 0.15) is 5.82 Å². The first-order valence-corrected chi connectivity index (χ1v) is 12.6. The number of hydrogen-bond acceptors (Lipinski definition) is 9. The van der Waals surface area contributed by atoms with Crippen LogP contribution in [0.15, 0.2) is 79.4 Å². The van der Waals surface area contributed by atoms with Crippen LogP contribution < -0.4 is 20.9 Å². The molecule has 0 aliphatic carbocycles. The quantitative estimate of drug-likeness (QED) is 0.261. The molecule has 4 aromatic rings. The largest absolute Gasteiger partial charge is 0.493 e. The molecule has 2 aromatic heterocycles. The molecule has 9 heteroatoms. The molecule has 0 amide bonds. The molecule has 1 atom stereocenters. The zero-order valence-corrected chi connectivity index (χ0v) is 21.9. The molecular formula is C30H30N6O3. The van der Waals surface area contributed by atoms with Crippen LogP contribution in [0.5, 0.6) is 11.5 Å². The van der Waals surface area contributed by atoms with Crippen LogP contribution in [0.1, 0.15) is 44.2 Å². The minimum atomic E-state index is -0.208. The zero-order valence-electron chi connectivity index (χ0n) is 21.9. The Morgan fingerprint density at radius 2 is 1.90 bits per heavy atom. The highest BCUT2D eigenvalue weighted by Gasteiger charge is 2.27. The summed E-state index contributed by atoms with van der Waals surface area (Å²) >= 11 is 0. The summed E-state index contributed by atoms with van der Waals surface area (Å²) in [6.45, 7) is 0.769. The molecule has 0 fully saturated rings. The van der Waals surface area contributed by atoms with E-state index in [2.05, 4.69) is 38.1 Å². The number of ether oxygens (including phenoxy) is 2. The van der Waals surface area contributed by atoms with Gasteiger partial charge in [-0.2, -0.15) is 4.98 Å². The van der Waals surface area contributed by atoms with Gasteiger partial charge in [-0.25, -0.2) is 4.98 Å². The summed E-state index contributed by atoms with van der Waals surface area (Å²) in [5.74, 6) is 1.00. The van der Waals surface area contributed by atoms with Crippen molar-refractivity contribution in [1.82, 2.24) is 19.9 Å². The number of nitrogens with zero attached hydrogens (tertiary/aromatic N) is 4. The van der Waals surface area contributed by atoms with Crippen molar-refractivity contribution >= 4 is 17.5 Å². The Balaban J connectivity index is 1.48. The van der Waals surface area contributed by atoms with Crippen molar-refractivity contribution in [2.24, 2.45) is 0 Å². The molecule has 2 aromatic carbocycles. The van der Waals surface area contributed by atoms with E-state index in [4.69, 9.17) is 20.9 Å². The smallest absolute Gasteiger partial charge is 0.221 e. The van der Waals surface area contributed by atoms with Gasteiger partial charge in [0.05, 0.1) is 25.8 Å². The average Bonchev–Trinajstić information content (AvgIpc) is 2.96. The highest BCUT2D eigenvalue weighted by Crippen LogP contribution is 2.36. The number of carbonyl (C=O) groups excluding carboxylic acids is 1. The summed E-state index contributed by atoms with van der Waals surface area (Å²) in [6, 6.07) is 16.0. The fourth-order valence-electron chi connectivity index (χ4n) is 5.01. The van der Waals surface area contributed by atoms with Gasteiger partial charge in [-0.3, -0.25) is 9.78 Å². The van der Waals surface area contributed by atoms with Gasteiger partial charge in [0.25, 0.3) is 0 Å². The van der Waals surface area contributed by atoms with Gasteiger partial charge in [0, 0.05) is 49.4 Å². The summed E-state index contributed by atoms with van der Waals surface area (Å²) in [5, 5.41) is 0. The number of ketones is 1. The van der Waals surface area contributed by atoms with Crippen LogP contribution in [-0.2, 0) is 12.8 Å². The first-order valence-electron chi connectivity index (χ1n) is 12.6. The maximum Gasteiger partial charge on any atom is 0.221 e. The van der Waals surface area contributed by atoms with Crippen LogP contribution in [0.3, 0.4) is 0 Å². The van der Waals surface area contributed by atoms with Gasteiger partial charge >= 0.3 is 0 Å². The van der Waals surface area contributed by atoms with E-state index in [-0.39, 0.29) is 23.6 Å². The third-order valence-corrected chi connectivity index (χ3v) is 6.88. The Kier molecular flexibility index (Phi) is 7.40. The Morgan fingerprint density at radius 1 is 1.10 bits per heavy atom. The standard InChI is InChI=1S/C30H30N6O3/c1-38-26-17-19(15-22-18-34-30(32)35-29(22)31)16-24(28(26)39-2)25(37)10-14-36-13-9-20-5-3-4-6-23(20)27(36)21-7-11-33-12-8-21/h3-8,10-12,14,16-18,27H,9,13,15H2,1-2H3,(H4,31,32,34,35)/b14-10+. The van der Waals surface area contributed by atoms with E-state index in [9.17, 15) is 4.79 Å². The van der Waals surface area contributed by atoms with E-state index in [1.807, 2.05) is 30.5 Å². The maximum absolute atomic E-state index is 13.6. The molecule has 0 radical (unpaired) electrons. The van der Waals surface area contributed by atoms with Crippen molar-refractivity contribution in [3.05, 3.63) is 113 Å². The predicted molar refractivity (Wildman–Crippen MR) is 150 cm³/mol. The number of aromatic nitrogens is 3. The first kappa shape index (κ1) is 25.7. The fourth-order valence-corrected chi connectivity index (χ4v) is 5.01. The molecule has 3 heterocycles. The average molecular weight is 523 g/mol. The lowest BCUT2D eigenvalue weighted by Crippen LogP contribution is -2.32.